The number of ether oxygens (including phenoxy) is 6. The number of hydrogen-bond acceptors (Lipinski definition) is 15. The number of nitrogens with zero attached hydrogens (tertiary/aromatic N) is 1. The lowest BCUT2D eigenvalue weighted by molar-refractivity contribution is -0.200. The van der Waals surface area contributed by atoms with E-state index in [0.29, 0.717) is 17.9 Å². The molecule has 66 heavy (non-hydrogen) atoms. The van der Waals surface area contributed by atoms with Gasteiger partial charge in [0.25, 0.3) is 11.8 Å². The Hall–Kier alpha value is -4.20. The SMILES string of the molecule is CC(C)(C)OC(=O)CCCCCCCCCCCCCCCCC(=O)NC(CCC(=O)NCCOCCOCC(=O)NCCOCCOCC(=O)ON1C(=O)CCC1=O)C(=O)OC(C)(C)C. The molecule has 1 unspecified atom stereocenters. The lowest BCUT2D eigenvalue weighted by Gasteiger charge is -2.24. The van der Waals surface area contributed by atoms with Crippen LogP contribution in [0.15, 0.2) is 0 Å². The first kappa shape index (κ1) is 59.8. The number of amides is 5. The largest absolute Gasteiger partial charge is 0.460 e. The summed E-state index contributed by atoms with van der Waals surface area (Å²) in [5.74, 6) is -3.60. The monoisotopic (exact) mass is 943 g/mol. The van der Waals surface area contributed by atoms with Crippen LogP contribution in [0.25, 0.3) is 0 Å². The van der Waals surface area contributed by atoms with E-state index in [9.17, 15) is 38.4 Å². The third-order valence-corrected chi connectivity index (χ3v) is 9.67. The van der Waals surface area contributed by atoms with Gasteiger partial charge in [-0.3, -0.25) is 28.8 Å². The van der Waals surface area contributed by atoms with Crippen molar-refractivity contribution < 1.29 is 71.6 Å². The van der Waals surface area contributed by atoms with Crippen molar-refractivity contribution in [1.29, 1.82) is 0 Å². The summed E-state index contributed by atoms with van der Waals surface area (Å²) in [7, 11) is 0. The van der Waals surface area contributed by atoms with Crippen LogP contribution >= 0.6 is 0 Å². The molecule has 5 amide bonds. The van der Waals surface area contributed by atoms with Gasteiger partial charge >= 0.3 is 17.9 Å². The molecule has 0 radical (unpaired) electrons. The first-order valence-corrected chi connectivity index (χ1v) is 24.0. The minimum Gasteiger partial charge on any atom is -0.460 e. The number of hydroxylamine groups is 2. The van der Waals surface area contributed by atoms with Gasteiger partial charge in [0, 0.05) is 45.2 Å². The predicted molar refractivity (Wildman–Crippen MR) is 243 cm³/mol. The van der Waals surface area contributed by atoms with E-state index in [1.54, 1.807) is 20.8 Å². The summed E-state index contributed by atoms with van der Waals surface area (Å²) in [4.78, 5) is 101. The summed E-state index contributed by atoms with van der Waals surface area (Å²) >= 11 is 0. The molecule has 0 spiro atoms. The fourth-order valence-electron chi connectivity index (χ4n) is 6.44. The molecule has 0 aromatic rings. The van der Waals surface area contributed by atoms with E-state index in [4.69, 9.17) is 28.4 Å². The van der Waals surface area contributed by atoms with Crippen molar-refractivity contribution in [3.05, 3.63) is 0 Å². The van der Waals surface area contributed by atoms with E-state index >= 15 is 0 Å². The molecule has 19 nitrogen and oxygen atoms in total. The molecule has 0 bridgehead atoms. The first-order valence-electron chi connectivity index (χ1n) is 24.0. The molecule has 1 atom stereocenters. The molecule has 380 valence electrons. The lowest BCUT2D eigenvalue weighted by Crippen LogP contribution is -2.44. The van der Waals surface area contributed by atoms with Crippen LogP contribution in [0.2, 0.25) is 0 Å². The molecule has 3 N–H and O–H groups in total. The molecule has 19 heteroatoms. The summed E-state index contributed by atoms with van der Waals surface area (Å²) < 4.78 is 32.0. The smallest absolute Gasteiger partial charge is 0.358 e. The van der Waals surface area contributed by atoms with Crippen molar-refractivity contribution in [1.82, 2.24) is 21.0 Å². The highest BCUT2D eigenvalue weighted by atomic mass is 16.7. The Bertz CT molecular complexity index is 1430. The molecule has 0 aromatic carbocycles. The second kappa shape index (κ2) is 35.9. The molecule has 0 aliphatic carbocycles. The molecule has 1 aliphatic heterocycles. The number of rotatable bonds is 39. The number of carbonyl (C=O) groups excluding carboxylic acids is 8. The number of carbonyl (C=O) groups is 8. The summed E-state index contributed by atoms with van der Waals surface area (Å²) in [5, 5.41) is 8.58. The zero-order valence-corrected chi connectivity index (χ0v) is 40.9. The van der Waals surface area contributed by atoms with Gasteiger partial charge in [0.05, 0.1) is 39.6 Å². The molecule has 0 aromatic heterocycles. The maximum atomic E-state index is 12.9. The van der Waals surface area contributed by atoms with E-state index in [-0.39, 0.29) is 109 Å². The Morgan fingerprint density at radius 3 is 1.44 bits per heavy atom. The molecule has 0 saturated carbocycles. The van der Waals surface area contributed by atoms with Crippen LogP contribution in [-0.2, 0) is 71.6 Å². The highest BCUT2D eigenvalue weighted by Gasteiger charge is 2.33. The average Bonchev–Trinajstić information content (AvgIpc) is 3.54. The van der Waals surface area contributed by atoms with Gasteiger partial charge in [-0.2, -0.15) is 0 Å². The summed E-state index contributed by atoms with van der Waals surface area (Å²) in [6, 6.07) is -0.945. The second-order valence-corrected chi connectivity index (χ2v) is 18.3. The van der Waals surface area contributed by atoms with Crippen molar-refractivity contribution in [2.45, 2.75) is 187 Å². The topological polar surface area (TPSA) is 240 Å². The normalized spacial score (nSPS) is 13.3. The highest BCUT2D eigenvalue weighted by molar-refractivity contribution is 6.01. The van der Waals surface area contributed by atoms with Gasteiger partial charge in [0.1, 0.15) is 30.5 Å². The summed E-state index contributed by atoms with van der Waals surface area (Å²) in [6.45, 7) is 11.6. The zero-order valence-electron chi connectivity index (χ0n) is 40.9. The lowest BCUT2D eigenvalue weighted by atomic mass is 10.0. The number of hydrogen-bond donors (Lipinski definition) is 3. The molecular weight excluding hydrogens is 861 g/mol. The standard InChI is InChI=1S/C47H82N4O15/c1-46(2,3)64-43(57)22-20-18-16-14-12-10-8-7-9-11-13-15-17-19-21-39(53)50-37(45(59)65-47(4,5)6)23-24-38(52)48-27-29-60-31-33-62-35-40(54)49-28-30-61-32-34-63-36-44(58)66-51-41(55)25-26-42(51)56/h37H,7-36H2,1-6H3,(H,48,52)(H,49,54)(H,50,53). The van der Waals surface area contributed by atoms with E-state index in [1.165, 1.54) is 44.9 Å². The molecule has 1 rings (SSSR count). The van der Waals surface area contributed by atoms with Gasteiger partial charge in [-0.15, -0.1) is 5.06 Å². The van der Waals surface area contributed by atoms with Crippen LogP contribution in [0.5, 0.6) is 0 Å². The van der Waals surface area contributed by atoms with Crippen LogP contribution < -0.4 is 16.0 Å². The van der Waals surface area contributed by atoms with Gasteiger partial charge < -0.3 is 49.2 Å². The number of esters is 2. The fraction of sp³-hybridized carbons (Fsp3) is 0.830. The minimum absolute atomic E-state index is 0.00210. The Labute approximate surface area is 392 Å². The zero-order chi connectivity index (χ0) is 49.1. The Morgan fingerprint density at radius 1 is 0.500 bits per heavy atom. The number of unbranched alkanes of at least 4 members (excludes halogenated alkanes) is 13. The van der Waals surface area contributed by atoms with Crippen molar-refractivity contribution in [2.75, 3.05) is 65.9 Å². The second-order valence-electron chi connectivity index (χ2n) is 18.3. The maximum absolute atomic E-state index is 12.9. The van der Waals surface area contributed by atoms with Gasteiger partial charge in [0.15, 0.2) is 0 Å². The molecule has 1 fully saturated rings. The van der Waals surface area contributed by atoms with Gasteiger partial charge in [-0.1, -0.05) is 77.0 Å². The van der Waals surface area contributed by atoms with Crippen LogP contribution in [0, 0.1) is 0 Å². The fourth-order valence-corrected chi connectivity index (χ4v) is 6.44. The van der Waals surface area contributed by atoms with Crippen molar-refractivity contribution in [3.63, 3.8) is 0 Å². The van der Waals surface area contributed by atoms with E-state index < -0.39 is 47.6 Å². The molecule has 1 heterocycles. The van der Waals surface area contributed by atoms with Crippen LogP contribution in [-0.4, -0.2) is 136 Å². The molecule has 1 aliphatic rings. The Kier molecular flexibility index (Phi) is 32.6. The molecular formula is C47H82N4O15. The van der Waals surface area contributed by atoms with Crippen LogP contribution in [0.3, 0.4) is 0 Å². The Balaban J connectivity index is 2.06. The summed E-state index contributed by atoms with van der Waals surface area (Å²) in [5.41, 5.74) is -1.16. The minimum atomic E-state index is -0.945. The number of nitrogens with one attached hydrogen (secondary N) is 3. The average molecular weight is 943 g/mol. The van der Waals surface area contributed by atoms with E-state index in [0.717, 1.165) is 44.9 Å². The van der Waals surface area contributed by atoms with Gasteiger partial charge in [-0.05, 0) is 60.8 Å². The first-order chi connectivity index (χ1) is 31.4. The van der Waals surface area contributed by atoms with Crippen molar-refractivity contribution in [2.24, 2.45) is 0 Å². The van der Waals surface area contributed by atoms with Crippen LogP contribution in [0.1, 0.15) is 170 Å². The highest BCUT2D eigenvalue weighted by Crippen LogP contribution is 2.16. The van der Waals surface area contributed by atoms with Gasteiger partial charge in [0.2, 0.25) is 17.7 Å². The number of imide groups is 1. The van der Waals surface area contributed by atoms with Crippen LogP contribution in [0.4, 0.5) is 0 Å². The van der Waals surface area contributed by atoms with Crippen molar-refractivity contribution in [3.8, 4) is 0 Å². The summed E-state index contributed by atoms with van der Waals surface area (Å²) in [6.07, 6.45) is 16.5. The third-order valence-electron chi connectivity index (χ3n) is 9.67. The van der Waals surface area contributed by atoms with Gasteiger partial charge in [-0.25, -0.2) is 9.59 Å². The Morgan fingerprint density at radius 2 is 0.939 bits per heavy atom. The van der Waals surface area contributed by atoms with E-state index in [2.05, 4.69) is 20.8 Å². The van der Waals surface area contributed by atoms with E-state index in [1.807, 2.05) is 20.8 Å². The molecule has 1 saturated heterocycles. The maximum Gasteiger partial charge on any atom is 0.358 e. The van der Waals surface area contributed by atoms with Crippen molar-refractivity contribution >= 4 is 47.4 Å². The quantitative estimate of drug-likeness (QED) is 0.0414. The third kappa shape index (κ3) is 35.1. The predicted octanol–water partition coefficient (Wildman–Crippen LogP) is 5.08.